The van der Waals surface area contributed by atoms with Gasteiger partial charge in [-0.15, -0.1) is 0 Å². The third-order valence-electron chi connectivity index (χ3n) is 3.18. The van der Waals surface area contributed by atoms with E-state index in [9.17, 15) is 14.0 Å². The molecule has 4 nitrogen and oxygen atoms in total. The summed E-state index contributed by atoms with van der Waals surface area (Å²) in [6.45, 7) is 5.49. The maximum absolute atomic E-state index is 13.9. The van der Waals surface area contributed by atoms with Crippen LogP contribution in [0.4, 0.5) is 4.39 Å². The number of fused-ring (bicyclic) bond motifs is 1. The Hall–Kier alpha value is -1.88. The summed E-state index contributed by atoms with van der Waals surface area (Å²) in [5, 5.41) is 0.0724. The van der Waals surface area contributed by atoms with Gasteiger partial charge in [-0.1, -0.05) is 25.4 Å². The minimum Gasteiger partial charge on any atom is -0.462 e. The maximum Gasteiger partial charge on any atom is 0.343 e. The Morgan fingerprint density at radius 2 is 2.14 bits per heavy atom. The van der Waals surface area contributed by atoms with Crippen molar-refractivity contribution in [3.05, 3.63) is 44.5 Å². The Balaban J connectivity index is 2.81. The molecule has 2 rings (SSSR count). The van der Waals surface area contributed by atoms with E-state index >= 15 is 0 Å². The first-order valence-corrected chi connectivity index (χ1v) is 6.96. The summed E-state index contributed by atoms with van der Waals surface area (Å²) in [5.41, 5.74) is 0.231. The van der Waals surface area contributed by atoms with E-state index in [2.05, 4.69) is 4.98 Å². The number of halogens is 2. The van der Waals surface area contributed by atoms with Crippen LogP contribution in [0.15, 0.2) is 17.1 Å². The van der Waals surface area contributed by atoms with Gasteiger partial charge < -0.3 is 9.72 Å². The van der Waals surface area contributed by atoms with Crippen molar-refractivity contribution in [2.45, 2.75) is 26.7 Å². The number of aromatic nitrogens is 1. The minimum absolute atomic E-state index is 0.0166. The van der Waals surface area contributed by atoms with E-state index in [1.54, 1.807) is 6.92 Å². The predicted molar refractivity (Wildman–Crippen MR) is 79.6 cm³/mol. The number of ether oxygens (including phenoxy) is 1. The van der Waals surface area contributed by atoms with Gasteiger partial charge in [0.25, 0.3) is 0 Å². The van der Waals surface area contributed by atoms with Crippen molar-refractivity contribution in [2.75, 3.05) is 6.61 Å². The first-order valence-electron chi connectivity index (χ1n) is 6.58. The molecular formula is C15H15ClFNO3. The molecule has 0 fully saturated rings. The molecule has 0 radical (unpaired) electrons. The fraction of sp³-hybridized carbons (Fsp3) is 0.333. The molecule has 0 amide bonds. The fourth-order valence-corrected chi connectivity index (χ4v) is 2.61. The minimum atomic E-state index is -0.734. The zero-order valence-corrected chi connectivity index (χ0v) is 12.7. The van der Waals surface area contributed by atoms with E-state index < -0.39 is 17.2 Å². The smallest absolute Gasteiger partial charge is 0.343 e. The molecule has 0 saturated carbocycles. The first kappa shape index (κ1) is 15.5. The zero-order chi connectivity index (χ0) is 15.7. The molecule has 0 unspecified atom stereocenters. The van der Waals surface area contributed by atoms with E-state index in [4.69, 9.17) is 16.3 Å². The van der Waals surface area contributed by atoms with E-state index in [1.165, 1.54) is 6.20 Å². The van der Waals surface area contributed by atoms with Crippen LogP contribution in [0.5, 0.6) is 0 Å². The van der Waals surface area contributed by atoms with Crippen molar-refractivity contribution in [3.8, 4) is 0 Å². The van der Waals surface area contributed by atoms with Crippen molar-refractivity contribution in [3.63, 3.8) is 0 Å². The number of benzene rings is 1. The molecule has 0 aliphatic heterocycles. The lowest BCUT2D eigenvalue weighted by Crippen LogP contribution is -2.19. The van der Waals surface area contributed by atoms with E-state index in [1.807, 2.05) is 13.8 Å². The van der Waals surface area contributed by atoms with Gasteiger partial charge in [0, 0.05) is 17.1 Å². The summed E-state index contributed by atoms with van der Waals surface area (Å²) >= 11 is 5.98. The Morgan fingerprint density at radius 3 is 2.71 bits per heavy atom. The Kier molecular flexibility index (Phi) is 4.32. The van der Waals surface area contributed by atoms with Crippen LogP contribution in [0, 0.1) is 5.82 Å². The van der Waals surface area contributed by atoms with Crippen molar-refractivity contribution >= 4 is 28.5 Å². The molecule has 0 saturated heterocycles. The van der Waals surface area contributed by atoms with Gasteiger partial charge in [-0.05, 0) is 18.9 Å². The highest BCUT2D eigenvalue weighted by molar-refractivity contribution is 6.32. The summed E-state index contributed by atoms with van der Waals surface area (Å²) in [7, 11) is 0. The van der Waals surface area contributed by atoms with Gasteiger partial charge in [0.15, 0.2) is 0 Å². The van der Waals surface area contributed by atoms with Crippen molar-refractivity contribution in [1.82, 2.24) is 4.98 Å². The lowest BCUT2D eigenvalue weighted by Gasteiger charge is -2.13. The lowest BCUT2D eigenvalue weighted by molar-refractivity contribution is 0.0524. The molecule has 1 N–H and O–H groups in total. The van der Waals surface area contributed by atoms with Gasteiger partial charge in [0.1, 0.15) is 11.4 Å². The van der Waals surface area contributed by atoms with Gasteiger partial charge in [-0.3, -0.25) is 4.79 Å². The predicted octanol–water partition coefficient (Wildman–Crippen LogP) is 3.62. The first-order chi connectivity index (χ1) is 9.88. The summed E-state index contributed by atoms with van der Waals surface area (Å²) in [5.74, 6) is -1.50. The largest absolute Gasteiger partial charge is 0.462 e. The number of nitrogens with one attached hydrogen (secondary N) is 1. The number of esters is 1. The van der Waals surface area contributed by atoms with E-state index in [0.29, 0.717) is 11.1 Å². The molecule has 2 aromatic rings. The SMILES string of the molecule is CCOC(=O)c1c[nH]c2c(C(C)C)c(Cl)c(F)cc2c1=O. The highest BCUT2D eigenvalue weighted by Crippen LogP contribution is 2.32. The molecule has 6 heteroatoms. The maximum atomic E-state index is 13.9. The molecule has 0 bridgehead atoms. The number of aromatic amines is 1. The Morgan fingerprint density at radius 1 is 1.48 bits per heavy atom. The van der Waals surface area contributed by atoms with Crippen molar-refractivity contribution in [2.24, 2.45) is 0 Å². The number of rotatable bonds is 3. The average molecular weight is 312 g/mol. The summed E-state index contributed by atoms with van der Waals surface area (Å²) in [4.78, 5) is 26.9. The highest BCUT2D eigenvalue weighted by Gasteiger charge is 2.20. The standard InChI is InChI=1S/C15H15ClFNO3/c1-4-21-15(20)9-6-18-13-8(14(9)19)5-10(17)12(16)11(13)7(2)3/h5-7H,4H2,1-3H3,(H,18,19). The normalized spacial score (nSPS) is 11.1. The van der Waals surface area contributed by atoms with Gasteiger partial charge in [-0.25, -0.2) is 9.18 Å². The Labute approximate surface area is 125 Å². The third kappa shape index (κ3) is 2.65. The topological polar surface area (TPSA) is 59.2 Å². The van der Waals surface area contributed by atoms with E-state index in [-0.39, 0.29) is 28.5 Å². The number of hydrogen-bond acceptors (Lipinski definition) is 3. The van der Waals surface area contributed by atoms with Crippen LogP contribution in [-0.4, -0.2) is 17.6 Å². The second kappa shape index (κ2) is 5.85. The Bertz CT molecular complexity index is 768. The van der Waals surface area contributed by atoms with Crippen LogP contribution in [0.3, 0.4) is 0 Å². The molecule has 112 valence electrons. The van der Waals surface area contributed by atoms with Gasteiger partial charge in [-0.2, -0.15) is 0 Å². The van der Waals surface area contributed by atoms with Gasteiger partial charge in [0.05, 0.1) is 17.1 Å². The molecule has 0 aliphatic rings. The summed E-state index contributed by atoms with van der Waals surface area (Å²) in [6, 6.07) is 1.05. The van der Waals surface area contributed by atoms with E-state index in [0.717, 1.165) is 6.07 Å². The molecular weight excluding hydrogens is 297 g/mol. The fourth-order valence-electron chi connectivity index (χ4n) is 2.24. The number of hydrogen-bond donors (Lipinski definition) is 1. The second-order valence-corrected chi connectivity index (χ2v) is 5.29. The van der Waals surface area contributed by atoms with Crippen LogP contribution >= 0.6 is 11.6 Å². The van der Waals surface area contributed by atoms with Crippen LogP contribution in [0.2, 0.25) is 5.02 Å². The van der Waals surface area contributed by atoms with Gasteiger partial charge >= 0.3 is 5.97 Å². The van der Waals surface area contributed by atoms with Crippen LogP contribution < -0.4 is 5.43 Å². The molecule has 1 heterocycles. The lowest BCUT2D eigenvalue weighted by atomic mass is 9.98. The molecule has 0 spiro atoms. The van der Waals surface area contributed by atoms with Crippen molar-refractivity contribution < 1.29 is 13.9 Å². The number of carbonyl (C=O) groups excluding carboxylic acids is 1. The number of pyridine rings is 1. The summed E-state index contributed by atoms with van der Waals surface area (Å²) in [6.07, 6.45) is 1.28. The van der Waals surface area contributed by atoms with Crippen LogP contribution in [-0.2, 0) is 4.74 Å². The molecule has 1 aromatic heterocycles. The number of carbonyl (C=O) groups is 1. The third-order valence-corrected chi connectivity index (χ3v) is 3.56. The highest BCUT2D eigenvalue weighted by atomic mass is 35.5. The average Bonchev–Trinajstić information content (AvgIpc) is 2.41. The zero-order valence-electron chi connectivity index (χ0n) is 11.9. The van der Waals surface area contributed by atoms with Crippen LogP contribution in [0.25, 0.3) is 10.9 Å². The quantitative estimate of drug-likeness (QED) is 0.881. The molecule has 1 aromatic carbocycles. The molecule has 0 atom stereocenters. The number of H-pyrrole nitrogens is 1. The van der Waals surface area contributed by atoms with Crippen molar-refractivity contribution in [1.29, 1.82) is 0 Å². The molecule has 0 aliphatic carbocycles. The van der Waals surface area contributed by atoms with Crippen LogP contribution in [0.1, 0.15) is 42.6 Å². The monoisotopic (exact) mass is 311 g/mol. The van der Waals surface area contributed by atoms with Gasteiger partial charge in [0.2, 0.25) is 5.43 Å². The second-order valence-electron chi connectivity index (χ2n) is 4.92. The summed E-state index contributed by atoms with van der Waals surface area (Å²) < 4.78 is 18.7. The molecule has 21 heavy (non-hydrogen) atoms.